The Labute approximate surface area is 94.8 Å². The summed E-state index contributed by atoms with van der Waals surface area (Å²) in [5.74, 6) is -0.624. The Hall–Kier alpha value is -1.42. The van der Waals surface area contributed by atoms with Crippen LogP contribution in [-0.2, 0) is 4.79 Å². The van der Waals surface area contributed by atoms with Crippen LogP contribution in [0.15, 0.2) is 18.2 Å². The molecule has 1 aromatic carbocycles. The largest absolute Gasteiger partial charge is 0.328 e. The molecule has 16 heavy (non-hydrogen) atoms. The molecule has 1 amide bonds. The molecule has 1 aromatic rings. The summed E-state index contributed by atoms with van der Waals surface area (Å²) in [5, 5.41) is 2.54. The van der Waals surface area contributed by atoms with Crippen LogP contribution in [0.1, 0.15) is 25.3 Å². The second kappa shape index (κ2) is 5.61. The number of amides is 1. The third-order valence-electron chi connectivity index (χ3n) is 2.22. The van der Waals surface area contributed by atoms with Crippen molar-refractivity contribution in [2.24, 2.45) is 5.73 Å². The van der Waals surface area contributed by atoms with E-state index in [1.54, 1.807) is 12.1 Å². The molecule has 0 fully saturated rings. The van der Waals surface area contributed by atoms with Gasteiger partial charge in [0.05, 0.1) is 5.69 Å². The standard InChI is InChI=1S/C12H17FN2O/c1-8-3-5-10(13)11(7-8)15-12(16)6-4-9(2)14/h3,5,7,9H,4,6,14H2,1-2H3,(H,15,16). The minimum absolute atomic E-state index is 0.0203. The van der Waals surface area contributed by atoms with Crippen LogP contribution in [0.25, 0.3) is 0 Å². The number of halogens is 1. The van der Waals surface area contributed by atoms with E-state index in [9.17, 15) is 9.18 Å². The second-order valence-electron chi connectivity index (χ2n) is 4.05. The second-order valence-corrected chi connectivity index (χ2v) is 4.05. The molecular formula is C12H17FN2O. The molecule has 1 atom stereocenters. The minimum atomic E-state index is -0.417. The van der Waals surface area contributed by atoms with Gasteiger partial charge < -0.3 is 11.1 Å². The van der Waals surface area contributed by atoms with Crippen molar-refractivity contribution in [1.29, 1.82) is 0 Å². The van der Waals surface area contributed by atoms with Gasteiger partial charge in [0, 0.05) is 12.5 Å². The summed E-state index contributed by atoms with van der Waals surface area (Å²) < 4.78 is 13.3. The fourth-order valence-corrected chi connectivity index (χ4v) is 1.31. The Bertz CT molecular complexity index is 377. The van der Waals surface area contributed by atoms with Crippen molar-refractivity contribution in [3.05, 3.63) is 29.6 Å². The summed E-state index contributed by atoms with van der Waals surface area (Å²) in [6, 6.07) is 4.59. The number of benzene rings is 1. The number of anilines is 1. The number of aryl methyl sites for hydroxylation is 1. The molecule has 0 aliphatic rings. The number of rotatable bonds is 4. The molecule has 1 unspecified atom stereocenters. The van der Waals surface area contributed by atoms with E-state index >= 15 is 0 Å². The van der Waals surface area contributed by atoms with E-state index in [1.165, 1.54) is 6.07 Å². The zero-order valence-electron chi connectivity index (χ0n) is 9.59. The van der Waals surface area contributed by atoms with Crippen LogP contribution in [-0.4, -0.2) is 11.9 Å². The first-order valence-corrected chi connectivity index (χ1v) is 5.30. The van der Waals surface area contributed by atoms with Gasteiger partial charge in [-0.2, -0.15) is 0 Å². The predicted molar refractivity (Wildman–Crippen MR) is 62.7 cm³/mol. The monoisotopic (exact) mass is 224 g/mol. The van der Waals surface area contributed by atoms with Gasteiger partial charge in [0.15, 0.2) is 0 Å². The number of carbonyl (C=O) groups excluding carboxylic acids is 1. The lowest BCUT2D eigenvalue weighted by Crippen LogP contribution is -2.19. The first-order chi connectivity index (χ1) is 7.49. The zero-order valence-corrected chi connectivity index (χ0v) is 9.59. The molecule has 0 bridgehead atoms. The molecular weight excluding hydrogens is 207 g/mol. The van der Waals surface area contributed by atoms with E-state index in [0.29, 0.717) is 12.8 Å². The quantitative estimate of drug-likeness (QED) is 0.823. The Kier molecular flexibility index (Phi) is 4.43. The topological polar surface area (TPSA) is 55.1 Å². The lowest BCUT2D eigenvalue weighted by molar-refractivity contribution is -0.116. The molecule has 0 radical (unpaired) electrons. The highest BCUT2D eigenvalue weighted by Gasteiger charge is 2.07. The van der Waals surface area contributed by atoms with Crippen LogP contribution in [0.4, 0.5) is 10.1 Å². The zero-order chi connectivity index (χ0) is 12.1. The molecule has 0 spiro atoms. The van der Waals surface area contributed by atoms with Gasteiger partial charge in [-0.3, -0.25) is 4.79 Å². The first kappa shape index (κ1) is 12.6. The molecule has 0 aliphatic carbocycles. The highest BCUT2D eigenvalue weighted by Crippen LogP contribution is 2.15. The van der Waals surface area contributed by atoms with Crippen molar-refractivity contribution in [3.63, 3.8) is 0 Å². The van der Waals surface area contributed by atoms with Gasteiger partial charge in [-0.05, 0) is 38.0 Å². The minimum Gasteiger partial charge on any atom is -0.328 e. The number of hydrogen-bond acceptors (Lipinski definition) is 2. The Morgan fingerprint density at radius 2 is 2.25 bits per heavy atom. The van der Waals surface area contributed by atoms with Gasteiger partial charge in [0.1, 0.15) is 5.82 Å². The Morgan fingerprint density at radius 3 is 2.88 bits per heavy atom. The van der Waals surface area contributed by atoms with E-state index in [-0.39, 0.29) is 17.6 Å². The van der Waals surface area contributed by atoms with Crippen molar-refractivity contribution < 1.29 is 9.18 Å². The lowest BCUT2D eigenvalue weighted by Gasteiger charge is -2.08. The predicted octanol–water partition coefficient (Wildman–Crippen LogP) is 2.20. The number of nitrogens with one attached hydrogen (secondary N) is 1. The number of nitrogens with two attached hydrogens (primary N) is 1. The summed E-state index contributed by atoms with van der Waals surface area (Å²) in [4.78, 5) is 11.4. The van der Waals surface area contributed by atoms with Crippen molar-refractivity contribution in [3.8, 4) is 0 Å². The molecule has 0 saturated heterocycles. The van der Waals surface area contributed by atoms with Crippen molar-refractivity contribution >= 4 is 11.6 Å². The summed E-state index contributed by atoms with van der Waals surface area (Å²) in [6.07, 6.45) is 0.907. The first-order valence-electron chi connectivity index (χ1n) is 5.30. The van der Waals surface area contributed by atoms with Gasteiger partial charge in [-0.1, -0.05) is 6.07 Å². The molecule has 3 N–H and O–H groups in total. The van der Waals surface area contributed by atoms with Gasteiger partial charge in [-0.15, -0.1) is 0 Å². The van der Waals surface area contributed by atoms with E-state index in [1.807, 2.05) is 13.8 Å². The smallest absolute Gasteiger partial charge is 0.224 e. The van der Waals surface area contributed by atoms with Crippen LogP contribution in [0.3, 0.4) is 0 Å². The van der Waals surface area contributed by atoms with Crippen LogP contribution in [0.5, 0.6) is 0 Å². The molecule has 4 heteroatoms. The van der Waals surface area contributed by atoms with Crippen molar-refractivity contribution in [1.82, 2.24) is 0 Å². The van der Waals surface area contributed by atoms with E-state index in [2.05, 4.69) is 5.32 Å². The fraction of sp³-hybridized carbons (Fsp3) is 0.417. The molecule has 0 heterocycles. The van der Waals surface area contributed by atoms with Gasteiger partial charge in [0.2, 0.25) is 5.91 Å². The van der Waals surface area contributed by atoms with E-state index in [0.717, 1.165) is 5.56 Å². The lowest BCUT2D eigenvalue weighted by atomic mass is 10.1. The van der Waals surface area contributed by atoms with Crippen LogP contribution in [0.2, 0.25) is 0 Å². The molecule has 0 aliphatic heterocycles. The van der Waals surface area contributed by atoms with Gasteiger partial charge in [0.25, 0.3) is 0 Å². The maximum atomic E-state index is 13.3. The maximum absolute atomic E-state index is 13.3. The molecule has 1 rings (SSSR count). The molecule has 88 valence electrons. The van der Waals surface area contributed by atoms with Crippen LogP contribution >= 0.6 is 0 Å². The summed E-state index contributed by atoms with van der Waals surface area (Å²) >= 11 is 0. The van der Waals surface area contributed by atoms with Crippen LogP contribution < -0.4 is 11.1 Å². The van der Waals surface area contributed by atoms with E-state index < -0.39 is 5.82 Å². The fourth-order valence-electron chi connectivity index (χ4n) is 1.31. The molecule has 0 saturated carbocycles. The average Bonchev–Trinajstić information content (AvgIpc) is 2.20. The SMILES string of the molecule is Cc1ccc(F)c(NC(=O)CCC(C)N)c1. The molecule has 0 aromatic heterocycles. The van der Waals surface area contributed by atoms with Gasteiger partial charge in [-0.25, -0.2) is 4.39 Å². The Balaban J connectivity index is 2.59. The van der Waals surface area contributed by atoms with E-state index in [4.69, 9.17) is 5.73 Å². The number of carbonyl (C=O) groups is 1. The van der Waals surface area contributed by atoms with Crippen LogP contribution in [0, 0.1) is 12.7 Å². The van der Waals surface area contributed by atoms with Gasteiger partial charge >= 0.3 is 0 Å². The normalized spacial score (nSPS) is 12.2. The molecule has 3 nitrogen and oxygen atoms in total. The summed E-state index contributed by atoms with van der Waals surface area (Å²) in [6.45, 7) is 3.68. The third-order valence-corrected chi connectivity index (χ3v) is 2.22. The maximum Gasteiger partial charge on any atom is 0.224 e. The highest BCUT2D eigenvalue weighted by atomic mass is 19.1. The van der Waals surface area contributed by atoms with Crippen molar-refractivity contribution in [2.75, 3.05) is 5.32 Å². The Morgan fingerprint density at radius 1 is 1.56 bits per heavy atom. The summed E-state index contributed by atoms with van der Waals surface area (Å²) in [5.41, 5.74) is 6.67. The average molecular weight is 224 g/mol. The van der Waals surface area contributed by atoms with Crippen molar-refractivity contribution in [2.45, 2.75) is 32.7 Å². The number of hydrogen-bond donors (Lipinski definition) is 2. The highest BCUT2D eigenvalue weighted by molar-refractivity contribution is 5.90. The summed E-state index contributed by atoms with van der Waals surface area (Å²) in [7, 11) is 0. The third kappa shape index (κ3) is 3.98.